The van der Waals surface area contributed by atoms with Crippen molar-refractivity contribution in [2.24, 2.45) is 0 Å². The molecule has 33 heavy (non-hydrogen) atoms. The topological polar surface area (TPSA) is 118 Å². The van der Waals surface area contributed by atoms with Gasteiger partial charge >= 0.3 is 0 Å². The van der Waals surface area contributed by atoms with Crippen LogP contribution in [0.25, 0.3) is 0 Å². The summed E-state index contributed by atoms with van der Waals surface area (Å²) in [5.41, 5.74) is 1.29. The summed E-state index contributed by atoms with van der Waals surface area (Å²) in [5.74, 6) is -0.0966. The molecule has 0 aliphatic carbocycles. The van der Waals surface area contributed by atoms with Crippen LogP contribution in [0.15, 0.2) is 65.6 Å². The summed E-state index contributed by atoms with van der Waals surface area (Å²) in [4.78, 5) is 12.9. The number of anilines is 2. The Labute approximate surface area is 193 Å². The van der Waals surface area contributed by atoms with Gasteiger partial charge in [0, 0.05) is 18.7 Å². The highest BCUT2D eigenvalue weighted by molar-refractivity contribution is 7.92. The molecule has 1 N–H and O–H groups in total. The van der Waals surface area contributed by atoms with Crippen molar-refractivity contribution in [2.75, 3.05) is 28.2 Å². The minimum Gasteiger partial charge on any atom is -0.307 e. The SMILES string of the molecule is Cc1cc(NC(=O)c2cccc(S(=O)(=O)N(C)c3ccccc3)c2)n(C2CCS(=O)(=O)C2)n1. The smallest absolute Gasteiger partial charge is 0.264 e. The van der Waals surface area contributed by atoms with Crippen molar-refractivity contribution in [1.82, 2.24) is 9.78 Å². The number of sulfonamides is 1. The lowest BCUT2D eigenvalue weighted by molar-refractivity contribution is 0.102. The molecule has 2 aromatic carbocycles. The highest BCUT2D eigenvalue weighted by Gasteiger charge is 2.31. The van der Waals surface area contributed by atoms with E-state index in [2.05, 4.69) is 10.4 Å². The van der Waals surface area contributed by atoms with Gasteiger partial charge in [0.2, 0.25) is 0 Å². The Kier molecular flexibility index (Phi) is 6.02. The molecule has 1 aromatic heterocycles. The van der Waals surface area contributed by atoms with Crippen LogP contribution in [0.5, 0.6) is 0 Å². The number of carbonyl (C=O) groups excluding carboxylic acids is 1. The summed E-state index contributed by atoms with van der Waals surface area (Å²) in [6, 6.07) is 15.7. The molecule has 1 unspecified atom stereocenters. The van der Waals surface area contributed by atoms with E-state index in [1.165, 1.54) is 36.0 Å². The van der Waals surface area contributed by atoms with Crippen molar-refractivity contribution < 1.29 is 21.6 Å². The molecular weight excluding hydrogens is 464 g/mol. The Morgan fingerprint density at radius 3 is 2.52 bits per heavy atom. The summed E-state index contributed by atoms with van der Waals surface area (Å²) in [6.07, 6.45) is 0.422. The van der Waals surface area contributed by atoms with Gasteiger partial charge in [-0.1, -0.05) is 24.3 Å². The molecule has 4 rings (SSSR count). The third kappa shape index (κ3) is 4.79. The highest BCUT2D eigenvalue weighted by Crippen LogP contribution is 2.28. The molecule has 1 fully saturated rings. The Hall–Kier alpha value is -3.18. The van der Waals surface area contributed by atoms with Gasteiger partial charge in [-0.05, 0) is 43.7 Å². The summed E-state index contributed by atoms with van der Waals surface area (Å²) in [6.45, 7) is 1.75. The molecule has 9 nitrogen and oxygen atoms in total. The second kappa shape index (κ2) is 8.64. The minimum absolute atomic E-state index is 0.0203. The number of hydrogen-bond donors (Lipinski definition) is 1. The fourth-order valence-corrected chi connectivity index (χ4v) is 6.71. The van der Waals surface area contributed by atoms with Crippen LogP contribution in [-0.4, -0.2) is 51.1 Å². The van der Waals surface area contributed by atoms with Crippen LogP contribution in [0.2, 0.25) is 0 Å². The van der Waals surface area contributed by atoms with Gasteiger partial charge in [0.05, 0.1) is 33.8 Å². The lowest BCUT2D eigenvalue weighted by atomic mass is 10.2. The fourth-order valence-electron chi connectivity index (χ4n) is 3.78. The van der Waals surface area contributed by atoms with Crippen LogP contribution in [0.3, 0.4) is 0 Å². The van der Waals surface area contributed by atoms with Gasteiger partial charge in [0.1, 0.15) is 5.82 Å². The predicted molar refractivity (Wildman–Crippen MR) is 126 cm³/mol. The molecule has 1 amide bonds. The second-order valence-corrected chi connectivity index (χ2v) is 12.2. The highest BCUT2D eigenvalue weighted by atomic mass is 32.2. The number of aromatic nitrogens is 2. The molecule has 11 heteroatoms. The number of amides is 1. The van der Waals surface area contributed by atoms with E-state index in [-0.39, 0.29) is 28.0 Å². The zero-order valence-corrected chi connectivity index (χ0v) is 19.8. The number of sulfone groups is 1. The van der Waals surface area contributed by atoms with Crippen molar-refractivity contribution >= 4 is 37.3 Å². The number of carbonyl (C=O) groups is 1. The van der Waals surface area contributed by atoms with Crippen molar-refractivity contribution in [3.05, 3.63) is 71.9 Å². The molecule has 1 atom stereocenters. The Balaban J connectivity index is 1.58. The summed E-state index contributed by atoms with van der Waals surface area (Å²) >= 11 is 0. The van der Waals surface area contributed by atoms with Crippen LogP contribution in [0.1, 0.15) is 28.5 Å². The number of rotatable bonds is 6. The van der Waals surface area contributed by atoms with Crippen molar-refractivity contribution in [3.63, 3.8) is 0 Å². The fraction of sp³-hybridized carbons (Fsp3) is 0.273. The van der Waals surface area contributed by atoms with Crippen LogP contribution in [0.4, 0.5) is 11.5 Å². The third-order valence-electron chi connectivity index (χ3n) is 5.53. The first-order valence-electron chi connectivity index (χ1n) is 10.3. The largest absolute Gasteiger partial charge is 0.307 e. The van der Waals surface area contributed by atoms with Crippen LogP contribution in [-0.2, 0) is 19.9 Å². The number of benzene rings is 2. The van der Waals surface area contributed by atoms with Gasteiger partial charge in [-0.15, -0.1) is 0 Å². The number of para-hydroxylation sites is 1. The molecule has 1 aliphatic heterocycles. The Morgan fingerprint density at radius 1 is 1.12 bits per heavy atom. The monoisotopic (exact) mass is 488 g/mol. The number of nitrogens with zero attached hydrogens (tertiary/aromatic N) is 3. The van der Waals surface area contributed by atoms with Crippen LogP contribution >= 0.6 is 0 Å². The van der Waals surface area contributed by atoms with E-state index < -0.39 is 25.8 Å². The lowest BCUT2D eigenvalue weighted by Gasteiger charge is -2.20. The number of aryl methyl sites for hydroxylation is 1. The van der Waals surface area contributed by atoms with Gasteiger partial charge < -0.3 is 5.32 Å². The number of nitrogens with one attached hydrogen (secondary N) is 1. The van der Waals surface area contributed by atoms with Gasteiger partial charge in [-0.2, -0.15) is 5.10 Å². The van der Waals surface area contributed by atoms with E-state index in [0.29, 0.717) is 23.6 Å². The molecule has 0 bridgehead atoms. The Morgan fingerprint density at radius 2 is 1.85 bits per heavy atom. The van der Waals surface area contributed by atoms with Crippen molar-refractivity contribution in [3.8, 4) is 0 Å². The van der Waals surface area contributed by atoms with Crippen LogP contribution in [0, 0.1) is 6.92 Å². The van der Waals surface area contributed by atoms with E-state index >= 15 is 0 Å². The maximum Gasteiger partial charge on any atom is 0.264 e. The lowest BCUT2D eigenvalue weighted by Crippen LogP contribution is -2.27. The predicted octanol–water partition coefficient (Wildman–Crippen LogP) is 2.63. The van der Waals surface area contributed by atoms with Gasteiger partial charge in [0.15, 0.2) is 9.84 Å². The number of hydrogen-bond acceptors (Lipinski definition) is 6. The molecule has 0 spiro atoms. The van der Waals surface area contributed by atoms with E-state index in [4.69, 9.17) is 0 Å². The summed E-state index contributed by atoms with van der Waals surface area (Å²) in [5, 5.41) is 7.10. The molecule has 174 valence electrons. The quantitative estimate of drug-likeness (QED) is 0.570. The molecule has 0 saturated carbocycles. The summed E-state index contributed by atoms with van der Waals surface area (Å²) < 4.78 is 52.6. The standard InChI is InChI=1S/C22H24N4O5S2/c1-16-13-21(26(24-16)19-11-12-32(28,29)15-19)23-22(27)17-7-6-10-20(14-17)33(30,31)25(2)18-8-4-3-5-9-18/h3-10,13-14,19H,11-12,15H2,1-2H3,(H,23,27). The molecular formula is C22H24N4O5S2. The maximum atomic E-state index is 13.1. The summed E-state index contributed by atoms with van der Waals surface area (Å²) in [7, 11) is -5.56. The molecule has 1 aliphatic rings. The normalized spacial score (nSPS) is 17.6. The average molecular weight is 489 g/mol. The van der Waals surface area contributed by atoms with E-state index in [1.807, 2.05) is 0 Å². The van der Waals surface area contributed by atoms with E-state index in [9.17, 15) is 21.6 Å². The van der Waals surface area contributed by atoms with Crippen molar-refractivity contribution in [1.29, 1.82) is 0 Å². The molecule has 3 aromatic rings. The Bertz CT molecular complexity index is 1400. The third-order valence-corrected chi connectivity index (χ3v) is 9.06. The van der Waals surface area contributed by atoms with Gasteiger partial charge in [-0.25, -0.2) is 21.5 Å². The van der Waals surface area contributed by atoms with Crippen LogP contribution < -0.4 is 9.62 Å². The van der Waals surface area contributed by atoms with E-state index in [0.717, 1.165) is 4.31 Å². The second-order valence-electron chi connectivity index (χ2n) is 7.96. The maximum absolute atomic E-state index is 13.1. The first-order valence-corrected chi connectivity index (χ1v) is 13.5. The first-order chi connectivity index (χ1) is 15.6. The molecule has 2 heterocycles. The van der Waals surface area contributed by atoms with Crippen molar-refractivity contribution in [2.45, 2.75) is 24.3 Å². The molecule has 1 saturated heterocycles. The zero-order chi connectivity index (χ0) is 23.8. The average Bonchev–Trinajstić information content (AvgIpc) is 3.34. The first kappa shape index (κ1) is 23.0. The minimum atomic E-state index is -3.88. The van der Waals surface area contributed by atoms with Gasteiger partial charge in [-0.3, -0.25) is 9.10 Å². The van der Waals surface area contributed by atoms with Gasteiger partial charge in [0.25, 0.3) is 15.9 Å². The molecule has 0 radical (unpaired) electrons. The van der Waals surface area contributed by atoms with E-state index in [1.54, 1.807) is 43.3 Å². The zero-order valence-electron chi connectivity index (χ0n) is 18.2.